The van der Waals surface area contributed by atoms with E-state index in [1.807, 2.05) is 13.1 Å². The number of benzene rings is 1. The summed E-state index contributed by atoms with van der Waals surface area (Å²) >= 11 is 0. The summed E-state index contributed by atoms with van der Waals surface area (Å²) in [6, 6.07) is 4.45. The van der Waals surface area contributed by atoms with E-state index in [2.05, 4.69) is 4.90 Å². The van der Waals surface area contributed by atoms with E-state index in [1.165, 1.54) is 6.07 Å². The highest BCUT2D eigenvalue weighted by Gasteiger charge is 2.41. The van der Waals surface area contributed by atoms with Gasteiger partial charge in [0.15, 0.2) is 0 Å². The van der Waals surface area contributed by atoms with Crippen LogP contribution in [-0.2, 0) is 17.5 Å². The highest BCUT2D eigenvalue weighted by atomic mass is 19.4. The van der Waals surface area contributed by atoms with Crippen LogP contribution in [0.5, 0.6) is 0 Å². The fraction of sp³-hybridized carbons (Fsp3) is 0.538. The third-order valence-electron chi connectivity index (χ3n) is 3.81. The molecule has 1 saturated heterocycles. The number of likely N-dealkylation sites (N-methyl/N-ethyl adjacent to an activating group) is 1. The van der Waals surface area contributed by atoms with Crippen molar-refractivity contribution in [1.82, 2.24) is 4.90 Å². The van der Waals surface area contributed by atoms with E-state index in [4.69, 9.17) is 4.74 Å². The van der Waals surface area contributed by atoms with E-state index in [9.17, 15) is 13.2 Å². The van der Waals surface area contributed by atoms with Crippen molar-refractivity contribution in [3.63, 3.8) is 0 Å². The van der Waals surface area contributed by atoms with Gasteiger partial charge in [-0.15, -0.1) is 0 Å². The number of nitrogens with zero attached hydrogens (tertiary/aromatic N) is 1. The molecule has 2 atom stereocenters. The van der Waals surface area contributed by atoms with Gasteiger partial charge in [0.1, 0.15) is 0 Å². The molecule has 1 aromatic rings. The Morgan fingerprint density at radius 1 is 1.28 bits per heavy atom. The molecule has 0 radical (unpaired) electrons. The Labute approximate surface area is 103 Å². The van der Waals surface area contributed by atoms with Crippen LogP contribution in [0.25, 0.3) is 0 Å². The first-order valence-electron chi connectivity index (χ1n) is 5.96. The Balaban J connectivity index is 2.06. The van der Waals surface area contributed by atoms with E-state index in [0.29, 0.717) is 5.56 Å². The second kappa shape index (κ2) is 3.96. The van der Waals surface area contributed by atoms with E-state index in [-0.39, 0.29) is 18.6 Å². The zero-order valence-electron chi connectivity index (χ0n) is 10.00. The molecule has 18 heavy (non-hydrogen) atoms. The van der Waals surface area contributed by atoms with Crippen molar-refractivity contribution in [2.24, 2.45) is 0 Å². The minimum Gasteiger partial charge on any atom is -0.371 e. The van der Waals surface area contributed by atoms with Gasteiger partial charge in [-0.1, -0.05) is 12.1 Å². The van der Waals surface area contributed by atoms with Gasteiger partial charge in [0.25, 0.3) is 0 Å². The Morgan fingerprint density at radius 3 is 2.78 bits per heavy atom. The molecule has 0 aromatic heterocycles. The van der Waals surface area contributed by atoms with E-state index in [0.717, 1.165) is 24.7 Å². The largest absolute Gasteiger partial charge is 0.416 e. The second-order valence-electron chi connectivity index (χ2n) is 5.05. The summed E-state index contributed by atoms with van der Waals surface area (Å²) < 4.78 is 44.4. The minimum absolute atomic E-state index is 0.0333. The van der Waals surface area contributed by atoms with Crippen molar-refractivity contribution in [2.45, 2.75) is 24.8 Å². The molecule has 0 N–H and O–H groups in total. The summed E-state index contributed by atoms with van der Waals surface area (Å²) in [6.07, 6.45) is -4.27. The van der Waals surface area contributed by atoms with Crippen LogP contribution in [0, 0.1) is 0 Å². The first-order valence-corrected chi connectivity index (χ1v) is 5.96. The van der Waals surface area contributed by atoms with Crippen LogP contribution in [-0.4, -0.2) is 31.1 Å². The van der Waals surface area contributed by atoms with E-state index >= 15 is 0 Å². The minimum atomic E-state index is -4.30. The Bertz CT molecular complexity index is 472. The number of fused-ring (bicyclic) bond motifs is 3. The molecule has 0 spiro atoms. The summed E-state index contributed by atoms with van der Waals surface area (Å²) in [6.45, 7) is 1.62. The van der Waals surface area contributed by atoms with Crippen LogP contribution in [0.3, 0.4) is 0 Å². The smallest absolute Gasteiger partial charge is 0.371 e. The molecule has 2 aliphatic rings. The molecule has 2 aliphatic heterocycles. The lowest BCUT2D eigenvalue weighted by atomic mass is 9.87. The van der Waals surface area contributed by atoms with Crippen LogP contribution in [0.15, 0.2) is 18.2 Å². The number of likely N-dealkylation sites (tertiary alicyclic amines) is 1. The summed E-state index contributed by atoms with van der Waals surface area (Å²) in [5.74, 6) is 0.0704. The van der Waals surface area contributed by atoms with Crippen molar-refractivity contribution < 1.29 is 17.9 Å². The van der Waals surface area contributed by atoms with Gasteiger partial charge in [0, 0.05) is 19.0 Å². The predicted octanol–water partition coefficient (Wildman–Crippen LogP) is 2.63. The lowest BCUT2D eigenvalue weighted by Gasteiger charge is -2.29. The van der Waals surface area contributed by atoms with Gasteiger partial charge in [-0.3, -0.25) is 0 Å². The molecular weight excluding hydrogens is 243 g/mol. The zero-order chi connectivity index (χ0) is 12.9. The molecule has 0 aliphatic carbocycles. The summed E-state index contributed by atoms with van der Waals surface area (Å²) in [5, 5.41) is 0. The van der Waals surface area contributed by atoms with Crippen molar-refractivity contribution in [3.8, 4) is 0 Å². The van der Waals surface area contributed by atoms with E-state index < -0.39 is 11.7 Å². The highest BCUT2D eigenvalue weighted by molar-refractivity contribution is 5.41. The SMILES string of the molecule is CN1CC2c3cccc(C(F)(F)F)c3CO[C@H]2C1. The topological polar surface area (TPSA) is 12.5 Å². The average molecular weight is 257 g/mol. The molecular formula is C13H14F3NO. The maximum Gasteiger partial charge on any atom is 0.416 e. The monoisotopic (exact) mass is 257 g/mol. The molecule has 1 aromatic carbocycles. The number of hydrogen-bond donors (Lipinski definition) is 0. The fourth-order valence-corrected chi connectivity index (χ4v) is 3.00. The molecule has 5 heteroatoms. The lowest BCUT2D eigenvalue weighted by Crippen LogP contribution is -2.28. The van der Waals surface area contributed by atoms with Gasteiger partial charge in [-0.05, 0) is 24.2 Å². The lowest BCUT2D eigenvalue weighted by molar-refractivity contribution is -0.139. The molecule has 0 amide bonds. The molecule has 0 bridgehead atoms. The van der Waals surface area contributed by atoms with Gasteiger partial charge in [0.05, 0.1) is 18.3 Å². The maximum absolute atomic E-state index is 12.9. The van der Waals surface area contributed by atoms with Crippen molar-refractivity contribution in [3.05, 3.63) is 34.9 Å². The van der Waals surface area contributed by atoms with Gasteiger partial charge in [-0.25, -0.2) is 0 Å². The number of rotatable bonds is 0. The molecule has 1 fully saturated rings. The summed E-state index contributed by atoms with van der Waals surface area (Å²) in [7, 11) is 1.97. The molecule has 3 rings (SSSR count). The Hall–Kier alpha value is -1.07. The molecule has 98 valence electrons. The number of hydrogen-bond acceptors (Lipinski definition) is 2. The first-order chi connectivity index (χ1) is 8.47. The van der Waals surface area contributed by atoms with Gasteiger partial charge >= 0.3 is 6.18 Å². The Morgan fingerprint density at radius 2 is 2.06 bits per heavy atom. The van der Waals surface area contributed by atoms with Gasteiger partial charge in [0.2, 0.25) is 0 Å². The number of halogens is 3. The standard InChI is InChI=1S/C13H14F3NO/c1-17-5-9-8-3-2-4-11(13(14,15)16)10(8)7-18-12(9)6-17/h2-4,9,12H,5-7H2,1H3/t9?,12-/m0/s1. The first kappa shape index (κ1) is 12.0. The van der Waals surface area contributed by atoms with Crippen molar-refractivity contribution >= 4 is 0 Å². The fourth-order valence-electron chi connectivity index (χ4n) is 3.00. The van der Waals surface area contributed by atoms with Crippen LogP contribution < -0.4 is 0 Å². The van der Waals surface area contributed by atoms with Crippen LogP contribution in [0.4, 0.5) is 13.2 Å². The predicted molar refractivity (Wildman–Crippen MR) is 60.3 cm³/mol. The van der Waals surface area contributed by atoms with Gasteiger partial charge in [-0.2, -0.15) is 13.2 Å². The zero-order valence-corrected chi connectivity index (χ0v) is 10.00. The quantitative estimate of drug-likeness (QED) is 0.708. The van der Waals surface area contributed by atoms with Gasteiger partial charge < -0.3 is 9.64 Å². The summed E-state index contributed by atoms with van der Waals surface area (Å²) in [4.78, 5) is 2.10. The van der Waals surface area contributed by atoms with Crippen molar-refractivity contribution in [1.29, 1.82) is 0 Å². The summed E-state index contributed by atoms with van der Waals surface area (Å²) in [5.41, 5.74) is 0.583. The second-order valence-corrected chi connectivity index (χ2v) is 5.05. The van der Waals surface area contributed by atoms with Crippen LogP contribution in [0.2, 0.25) is 0 Å². The molecule has 2 nitrogen and oxygen atoms in total. The number of ether oxygens (including phenoxy) is 1. The highest BCUT2D eigenvalue weighted by Crippen LogP contribution is 2.41. The maximum atomic E-state index is 12.9. The van der Waals surface area contributed by atoms with E-state index in [1.54, 1.807) is 0 Å². The molecule has 1 unspecified atom stereocenters. The normalized spacial score (nSPS) is 28.0. The Kier molecular flexibility index (Phi) is 2.64. The average Bonchev–Trinajstić information content (AvgIpc) is 2.67. The third-order valence-corrected chi connectivity index (χ3v) is 3.81. The van der Waals surface area contributed by atoms with Crippen LogP contribution in [0.1, 0.15) is 22.6 Å². The molecule has 2 heterocycles. The van der Waals surface area contributed by atoms with Crippen molar-refractivity contribution in [2.75, 3.05) is 20.1 Å². The third kappa shape index (κ3) is 1.82. The number of alkyl halides is 3. The van der Waals surface area contributed by atoms with Crippen LogP contribution >= 0.6 is 0 Å². The molecule has 0 saturated carbocycles.